The summed E-state index contributed by atoms with van der Waals surface area (Å²) in [6.07, 6.45) is 0. The lowest BCUT2D eigenvalue weighted by Gasteiger charge is -2.15. The van der Waals surface area contributed by atoms with E-state index in [1.807, 2.05) is 6.92 Å². The zero-order chi connectivity index (χ0) is 10.7. The van der Waals surface area contributed by atoms with Crippen LogP contribution in [0.2, 0.25) is 0 Å². The third kappa shape index (κ3) is 2.01. The fourth-order valence-corrected chi connectivity index (χ4v) is 1.21. The van der Waals surface area contributed by atoms with E-state index in [9.17, 15) is 8.78 Å². The molecule has 14 heavy (non-hydrogen) atoms. The number of hydrogen-bond acceptors (Lipinski definition) is 2. The van der Waals surface area contributed by atoms with Gasteiger partial charge in [0.2, 0.25) is 0 Å². The molecule has 0 heterocycles. The van der Waals surface area contributed by atoms with E-state index >= 15 is 0 Å². The minimum atomic E-state index is -0.895. The number of methoxy groups -OCH3 is 1. The zero-order valence-corrected chi connectivity index (χ0v) is 8.40. The van der Waals surface area contributed by atoms with Gasteiger partial charge in [0.15, 0.2) is 11.6 Å². The molecule has 1 aromatic rings. The summed E-state index contributed by atoms with van der Waals surface area (Å²) in [6, 6.07) is 2.12. The van der Waals surface area contributed by atoms with Gasteiger partial charge < -0.3 is 10.1 Å². The molecule has 0 radical (unpaired) electrons. The molecule has 0 amide bonds. The van der Waals surface area contributed by atoms with Gasteiger partial charge in [-0.15, -0.1) is 0 Å². The molecule has 78 valence electrons. The highest BCUT2D eigenvalue weighted by Gasteiger charge is 2.14. The van der Waals surface area contributed by atoms with Crippen molar-refractivity contribution < 1.29 is 13.5 Å². The minimum absolute atomic E-state index is 0.0833. The zero-order valence-electron chi connectivity index (χ0n) is 8.40. The Labute approximate surface area is 81.9 Å². The van der Waals surface area contributed by atoms with Gasteiger partial charge in [-0.25, -0.2) is 8.78 Å². The summed E-state index contributed by atoms with van der Waals surface area (Å²) in [5.74, 6) is -1.40. The van der Waals surface area contributed by atoms with E-state index in [-0.39, 0.29) is 6.04 Å². The minimum Gasteiger partial charge on any atom is -0.496 e. The van der Waals surface area contributed by atoms with Crippen LogP contribution in [0.5, 0.6) is 5.75 Å². The second-order valence-electron chi connectivity index (χ2n) is 3.02. The van der Waals surface area contributed by atoms with Crippen molar-refractivity contribution in [2.45, 2.75) is 13.0 Å². The first-order valence-electron chi connectivity index (χ1n) is 4.30. The summed E-state index contributed by atoms with van der Waals surface area (Å²) < 4.78 is 30.7. The van der Waals surface area contributed by atoms with Crippen molar-refractivity contribution in [1.29, 1.82) is 0 Å². The van der Waals surface area contributed by atoms with Crippen LogP contribution in [0.25, 0.3) is 0 Å². The third-order valence-corrected chi connectivity index (χ3v) is 2.17. The van der Waals surface area contributed by atoms with Gasteiger partial charge in [-0.3, -0.25) is 0 Å². The Hall–Kier alpha value is -1.16. The Bertz CT molecular complexity index is 328. The molecular formula is C10H13F2NO. The highest BCUT2D eigenvalue weighted by atomic mass is 19.2. The van der Waals surface area contributed by atoms with Crippen LogP contribution in [0.1, 0.15) is 18.5 Å². The predicted octanol–water partition coefficient (Wildman–Crippen LogP) is 2.25. The van der Waals surface area contributed by atoms with Gasteiger partial charge in [-0.2, -0.15) is 0 Å². The second kappa shape index (κ2) is 4.37. The molecule has 0 spiro atoms. The van der Waals surface area contributed by atoms with Crippen LogP contribution < -0.4 is 10.1 Å². The SMILES string of the molecule is CNC(C)c1cc(F)c(F)cc1OC. The Morgan fingerprint density at radius 3 is 2.36 bits per heavy atom. The first-order chi connectivity index (χ1) is 6.60. The van der Waals surface area contributed by atoms with Crippen LogP contribution in [0, 0.1) is 11.6 Å². The molecule has 1 N–H and O–H groups in total. The summed E-state index contributed by atoms with van der Waals surface area (Å²) in [4.78, 5) is 0. The van der Waals surface area contributed by atoms with E-state index < -0.39 is 11.6 Å². The summed E-state index contributed by atoms with van der Waals surface area (Å²) >= 11 is 0. The average Bonchev–Trinajstić information content (AvgIpc) is 2.20. The van der Waals surface area contributed by atoms with Crippen molar-refractivity contribution in [3.05, 3.63) is 29.3 Å². The summed E-state index contributed by atoms with van der Waals surface area (Å²) in [5, 5.41) is 2.93. The third-order valence-electron chi connectivity index (χ3n) is 2.17. The maximum atomic E-state index is 12.9. The Morgan fingerprint density at radius 1 is 1.29 bits per heavy atom. The van der Waals surface area contributed by atoms with Crippen LogP contribution in [0.4, 0.5) is 8.78 Å². The first kappa shape index (κ1) is 10.9. The van der Waals surface area contributed by atoms with E-state index in [2.05, 4.69) is 5.32 Å². The molecule has 1 unspecified atom stereocenters. The van der Waals surface area contributed by atoms with Gasteiger partial charge in [-0.05, 0) is 20.0 Å². The molecule has 0 fully saturated rings. The topological polar surface area (TPSA) is 21.3 Å². The Balaban J connectivity index is 3.19. The van der Waals surface area contributed by atoms with Crippen LogP contribution >= 0.6 is 0 Å². The average molecular weight is 201 g/mol. The normalized spacial score (nSPS) is 12.6. The summed E-state index contributed by atoms with van der Waals surface area (Å²) in [6.45, 7) is 1.84. The number of rotatable bonds is 3. The van der Waals surface area contributed by atoms with Crippen LogP contribution in [0.3, 0.4) is 0 Å². The monoisotopic (exact) mass is 201 g/mol. The molecule has 0 aliphatic rings. The molecule has 0 aromatic heterocycles. The van der Waals surface area contributed by atoms with Crippen LogP contribution in [0.15, 0.2) is 12.1 Å². The lowest BCUT2D eigenvalue weighted by Crippen LogP contribution is -2.14. The standard InChI is InChI=1S/C10H13F2NO/c1-6(13-2)7-4-8(11)9(12)5-10(7)14-3/h4-6,13H,1-3H3. The van der Waals surface area contributed by atoms with Crippen molar-refractivity contribution in [3.63, 3.8) is 0 Å². The molecule has 1 rings (SSSR count). The van der Waals surface area contributed by atoms with Gasteiger partial charge in [0.1, 0.15) is 5.75 Å². The summed E-state index contributed by atoms with van der Waals surface area (Å²) in [5.41, 5.74) is 0.605. The van der Waals surface area contributed by atoms with E-state index in [1.165, 1.54) is 7.11 Å². The number of nitrogens with one attached hydrogen (secondary N) is 1. The molecule has 0 saturated heterocycles. The maximum Gasteiger partial charge on any atom is 0.162 e. The first-order valence-corrected chi connectivity index (χ1v) is 4.30. The smallest absolute Gasteiger partial charge is 0.162 e. The molecule has 1 aromatic carbocycles. The van der Waals surface area contributed by atoms with E-state index in [1.54, 1.807) is 7.05 Å². The molecule has 4 heteroatoms. The van der Waals surface area contributed by atoms with Gasteiger partial charge in [0.05, 0.1) is 7.11 Å². The van der Waals surface area contributed by atoms with E-state index in [4.69, 9.17) is 4.74 Å². The molecule has 1 atom stereocenters. The molecule has 0 saturated carbocycles. The largest absolute Gasteiger partial charge is 0.496 e. The fraction of sp³-hybridized carbons (Fsp3) is 0.400. The molecule has 2 nitrogen and oxygen atoms in total. The molecule has 0 aliphatic heterocycles. The van der Waals surface area contributed by atoms with Crippen LogP contribution in [-0.4, -0.2) is 14.2 Å². The quantitative estimate of drug-likeness (QED) is 0.809. The maximum absolute atomic E-state index is 12.9. The lowest BCUT2D eigenvalue weighted by molar-refractivity contribution is 0.394. The van der Waals surface area contributed by atoms with E-state index in [0.29, 0.717) is 11.3 Å². The number of hydrogen-bond donors (Lipinski definition) is 1. The number of halogens is 2. The van der Waals surface area contributed by atoms with Crippen LogP contribution in [-0.2, 0) is 0 Å². The molecule has 0 bridgehead atoms. The lowest BCUT2D eigenvalue weighted by atomic mass is 10.1. The molecule has 0 aliphatic carbocycles. The van der Waals surface area contributed by atoms with E-state index in [0.717, 1.165) is 12.1 Å². The highest BCUT2D eigenvalue weighted by Crippen LogP contribution is 2.27. The predicted molar refractivity (Wildman–Crippen MR) is 50.4 cm³/mol. The van der Waals surface area contributed by atoms with Gasteiger partial charge >= 0.3 is 0 Å². The van der Waals surface area contributed by atoms with Crippen molar-refractivity contribution in [2.24, 2.45) is 0 Å². The van der Waals surface area contributed by atoms with Gasteiger partial charge in [-0.1, -0.05) is 0 Å². The highest BCUT2D eigenvalue weighted by molar-refractivity contribution is 5.36. The molecular weight excluding hydrogens is 188 g/mol. The van der Waals surface area contributed by atoms with Crippen molar-refractivity contribution >= 4 is 0 Å². The second-order valence-corrected chi connectivity index (χ2v) is 3.02. The van der Waals surface area contributed by atoms with Gasteiger partial charge in [0, 0.05) is 17.7 Å². The van der Waals surface area contributed by atoms with Crippen molar-refractivity contribution in [1.82, 2.24) is 5.32 Å². The fourth-order valence-electron chi connectivity index (χ4n) is 1.21. The Morgan fingerprint density at radius 2 is 1.86 bits per heavy atom. The van der Waals surface area contributed by atoms with Gasteiger partial charge in [0.25, 0.3) is 0 Å². The number of ether oxygens (including phenoxy) is 1. The summed E-state index contributed by atoms with van der Waals surface area (Å²) in [7, 11) is 3.17. The van der Waals surface area contributed by atoms with Crippen molar-refractivity contribution in [3.8, 4) is 5.75 Å². The number of benzene rings is 1. The van der Waals surface area contributed by atoms with Crippen molar-refractivity contribution in [2.75, 3.05) is 14.2 Å². The Kier molecular flexibility index (Phi) is 3.41.